The van der Waals surface area contributed by atoms with E-state index >= 15 is 0 Å². The molecule has 0 radical (unpaired) electrons. The second kappa shape index (κ2) is 6.83. The molecule has 1 unspecified atom stereocenters. The molecule has 2 heterocycles. The Morgan fingerprint density at radius 2 is 2.14 bits per heavy atom. The number of benzene rings is 1. The van der Waals surface area contributed by atoms with Crippen LogP contribution in [0.1, 0.15) is 67.4 Å². The van der Waals surface area contributed by atoms with E-state index in [9.17, 15) is 9.59 Å². The summed E-state index contributed by atoms with van der Waals surface area (Å²) in [6.07, 6.45) is 5.16. The Kier molecular flexibility index (Phi) is 4.73. The molecule has 2 aliphatic heterocycles. The van der Waals surface area contributed by atoms with Gasteiger partial charge in [-0.05, 0) is 80.6 Å². The van der Waals surface area contributed by atoms with Gasteiger partial charge in [0.1, 0.15) is 11.4 Å². The van der Waals surface area contributed by atoms with Crippen molar-refractivity contribution in [1.29, 1.82) is 0 Å². The quantitative estimate of drug-likeness (QED) is 0.747. The van der Waals surface area contributed by atoms with E-state index in [0.717, 1.165) is 46.2 Å². The highest BCUT2D eigenvalue weighted by Gasteiger charge is 2.49. The third kappa shape index (κ3) is 3.02. The van der Waals surface area contributed by atoms with Crippen molar-refractivity contribution < 1.29 is 14.3 Å². The third-order valence-electron chi connectivity index (χ3n) is 6.39. The van der Waals surface area contributed by atoms with E-state index in [1.807, 2.05) is 26.0 Å². The number of hydrogen-bond acceptors (Lipinski definition) is 3. The zero-order valence-corrected chi connectivity index (χ0v) is 18.3. The Balaban J connectivity index is 1.57. The number of ether oxygens (including phenoxy) is 1. The van der Waals surface area contributed by atoms with Crippen LogP contribution in [0.25, 0.3) is 0 Å². The van der Waals surface area contributed by atoms with Crippen LogP contribution < -0.4 is 10.1 Å². The first-order valence-corrected chi connectivity index (χ1v) is 10.6. The molecule has 5 nitrogen and oxygen atoms in total. The molecule has 1 fully saturated rings. The topological polar surface area (TPSA) is 67.8 Å². The van der Waals surface area contributed by atoms with Gasteiger partial charge >= 0.3 is 0 Å². The molecule has 28 heavy (non-hydrogen) atoms. The fourth-order valence-corrected chi connectivity index (χ4v) is 5.29. The summed E-state index contributed by atoms with van der Waals surface area (Å²) in [6, 6.07) is 1.99. The predicted molar refractivity (Wildman–Crippen MR) is 112 cm³/mol. The first-order valence-electron chi connectivity index (χ1n) is 9.79. The molecule has 1 aliphatic carbocycles. The summed E-state index contributed by atoms with van der Waals surface area (Å²) in [4.78, 5) is 29.2. The van der Waals surface area contributed by atoms with E-state index in [1.54, 1.807) is 6.92 Å². The van der Waals surface area contributed by atoms with Crippen molar-refractivity contribution in [1.82, 2.24) is 5.32 Å². The lowest BCUT2D eigenvalue weighted by molar-refractivity contribution is -0.120. The first kappa shape index (κ1) is 19.4. The van der Waals surface area contributed by atoms with Gasteiger partial charge in [0.25, 0.3) is 11.8 Å². The van der Waals surface area contributed by atoms with Gasteiger partial charge in [0.05, 0.1) is 10.4 Å². The molecule has 1 saturated carbocycles. The number of dihydropyridines is 1. The summed E-state index contributed by atoms with van der Waals surface area (Å²) in [7, 11) is 0. The smallest absolute Gasteiger partial charge is 0.254 e. The van der Waals surface area contributed by atoms with Crippen molar-refractivity contribution in [3.8, 4) is 5.75 Å². The summed E-state index contributed by atoms with van der Waals surface area (Å²) < 4.78 is 7.17. The van der Waals surface area contributed by atoms with Crippen molar-refractivity contribution in [2.24, 2.45) is 10.9 Å². The second-order valence-corrected chi connectivity index (χ2v) is 9.18. The number of fused-ring (bicyclic) bond motifs is 3. The molecule has 0 spiro atoms. The average molecular weight is 445 g/mol. The van der Waals surface area contributed by atoms with Crippen LogP contribution in [0.15, 0.2) is 27.2 Å². The highest BCUT2D eigenvalue weighted by molar-refractivity contribution is 9.10. The molecule has 1 aromatic carbocycles. The molecule has 2 amide bonds. The number of carbonyl (C=O) groups is 2. The number of nitrogens with zero attached hydrogens (tertiary/aromatic N) is 1. The average Bonchev–Trinajstić information content (AvgIpc) is 3.11. The van der Waals surface area contributed by atoms with Crippen molar-refractivity contribution in [3.63, 3.8) is 0 Å². The second-order valence-electron chi connectivity index (χ2n) is 8.38. The van der Waals surface area contributed by atoms with Crippen molar-refractivity contribution in [2.75, 3.05) is 6.54 Å². The van der Waals surface area contributed by atoms with Gasteiger partial charge in [0.2, 0.25) is 0 Å². The minimum absolute atomic E-state index is 0.167. The van der Waals surface area contributed by atoms with Gasteiger partial charge in [-0.15, -0.1) is 0 Å². The number of amides is 2. The van der Waals surface area contributed by atoms with E-state index < -0.39 is 5.92 Å². The van der Waals surface area contributed by atoms with Gasteiger partial charge in [-0.2, -0.15) is 0 Å². The Morgan fingerprint density at radius 3 is 2.86 bits per heavy atom. The highest BCUT2D eigenvalue weighted by atomic mass is 79.9. The monoisotopic (exact) mass is 444 g/mol. The zero-order valence-electron chi connectivity index (χ0n) is 16.7. The van der Waals surface area contributed by atoms with E-state index in [1.165, 1.54) is 0 Å². The van der Waals surface area contributed by atoms with E-state index in [-0.39, 0.29) is 24.0 Å². The van der Waals surface area contributed by atoms with Crippen LogP contribution in [0.2, 0.25) is 0 Å². The summed E-state index contributed by atoms with van der Waals surface area (Å²) in [5.41, 5.74) is 4.08. The lowest BCUT2D eigenvalue weighted by atomic mass is 9.87. The standard InChI is InChI=1S/C22H25BrN2O3/c1-11-8-12(2)25-21(27)16(11)10-24-20(26)14-9-15-17-6-5-7-22(17,4)28-19(15)18(23)13(14)3/h8-9,16-17H,5-7,10H2,1-4H3,(H,24,26)/t16?,17-,22-/m0/s1. The van der Waals surface area contributed by atoms with Crippen LogP contribution in [0.4, 0.5) is 0 Å². The fraction of sp³-hybridized carbons (Fsp3) is 0.500. The number of nitrogens with one attached hydrogen (secondary N) is 1. The molecule has 1 aromatic rings. The third-order valence-corrected chi connectivity index (χ3v) is 7.35. The van der Waals surface area contributed by atoms with Crippen LogP contribution in [-0.2, 0) is 4.79 Å². The van der Waals surface area contributed by atoms with Crippen LogP contribution >= 0.6 is 15.9 Å². The molecular formula is C22H25BrN2O3. The Labute approximate surface area is 173 Å². The molecule has 0 aromatic heterocycles. The van der Waals surface area contributed by atoms with Crippen LogP contribution in [0, 0.1) is 12.8 Å². The number of rotatable bonds is 3. The van der Waals surface area contributed by atoms with Gasteiger partial charge in [0, 0.05) is 29.3 Å². The van der Waals surface area contributed by atoms with Gasteiger partial charge in [-0.25, -0.2) is 4.99 Å². The summed E-state index contributed by atoms with van der Waals surface area (Å²) in [5, 5.41) is 2.94. The van der Waals surface area contributed by atoms with Crippen molar-refractivity contribution >= 4 is 33.5 Å². The maximum absolute atomic E-state index is 13.0. The molecule has 0 saturated heterocycles. The maximum atomic E-state index is 13.0. The minimum atomic E-state index is -0.396. The molecule has 4 rings (SSSR count). The Bertz CT molecular complexity index is 950. The molecule has 3 aliphatic rings. The van der Waals surface area contributed by atoms with Gasteiger partial charge in [-0.1, -0.05) is 5.57 Å². The number of hydrogen-bond donors (Lipinski definition) is 1. The number of carbonyl (C=O) groups excluding carboxylic acids is 2. The van der Waals surface area contributed by atoms with Gasteiger partial charge in [-0.3, -0.25) is 9.59 Å². The van der Waals surface area contributed by atoms with E-state index in [0.29, 0.717) is 17.2 Å². The van der Waals surface area contributed by atoms with Gasteiger partial charge < -0.3 is 10.1 Å². The first-order chi connectivity index (χ1) is 13.2. The predicted octanol–water partition coefficient (Wildman–Crippen LogP) is 4.47. The fourth-order valence-electron chi connectivity index (χ4n) is 4.77. The molecule has 148 valence electrons. The largest absolute Gasteiger partial charge is 0.485 e. The zero-order chi connectivity index (χ0) is 20.2. The highest BCUT2D eigenvalue weighted by Crippen LogP contribution is 2.56. The van der Waals surface area contributed by atoms with Crippen LogP contribution in [0.3, 0.4) is 0 Å². The van der Waals surface area contributed by atoms with Crippen molar-refractivity contribution in [2.45, 2.75) is 58.5 Å². The molecule has 6 heteroatoms. The molecular weight excluding hydrogens is 420 g/mol. The SMILES string of the molecule is CC1=CC(C)=NC(=O)C1CNC(=O)c1cc2c(c(Br)c1C)O[C@@]1(C)CCC[C@@H]21. The lowest BCUT2D eigenvalue weighted by Crippen LogP contribution is -2.35. The van der Waals surface area contributed by atoms with Crippen LogP contribution in [0.5, 0.6) is 5.75 Å². The summed E-state index contributed by atoms with van der Waals surface area (Å²) >= 11 is 3.65. The van der Waals surface area contributed by atoms with Gasteiger partial charge in [0.15, 0.2) is 0 Å². The molecule has 1 N–H and O–H groups in total. The van der Waals surface area contributed by atoms with E-state index in [2.05, 4.69) is 33.2 Å². The maximum Gasteiger partial charge on any atom is 0.254 e. The number of aliphatic imine (C=N–C) groups is 1. The van der Waals surface area contributed by atoms with E-state index in [4.69, 9.17) is 4.74 Å². The minimum Gasteiger partial charge on any atom is -0.485 e. The summed E-state index contributed by atoms with van der Waals surface area (Å²) in [6.45, 7) is 8.05. The normalized spacial score (nSPS) is 28.2. The molecule has 0 bridgehead atoms. The number of halogens is 1. The Morgan fingerprint density at radius 1 is 1.39 bits per heavy atom. The summed E-state index contributed by atoms with van der Waals surface area (Å²) in [5.74, 6) is 0.451. The molecule has 3 atom stereocenters. The lowest BCUT2D eigenvalue weighted by Gasteiger charge is -2.23. The number of allylic oxidation sites excluding steroid dienone is 1. The van der Waals surface area contributed by atoms with Crippen LogP contribution in [-0.4, -0.2) is 29.7 Å². The van der Waals surface area contributed by atoms with Crippen molar-refractivity contribution in [3.05, 3.63) is 38.9 Å². The Hall–Kier alpha value is -1.95.